The number of aliphatic hydroxyl groups is 1. The van der Waals surface area contributed by atoms with Crippen molar-refractivity contribution < 1.29 is 18.3 Å². The Bertz CT molecular complexity index is 1390. The molecule has 0 spiro atoms. The van der Waals surface area contributed by atoms with E-state index in [-0.39, 0.29) is 23.7 Å². The minimum absolute atomic E-state index is 0.133. The van der Waals surface area contributed by atoms with E-state index in [9.17, 15) is 8.42 Å². The normalized spacial score (nSPS) is 11.6. The number of aromatic nitrogens is 2. The molecule has 0 aliphatic rings. The van der Waals surface area contributed by atoms with Crippen molar-refractivity contribution in [2.75, 3.05) is 12.4 Å². The van der Waals surface area contributed by atoms with Crippen molar-refractivity contribution in [1.29, 1.82) is 0 Å². The quantitative estimate of drug-likeness (QED) is 0.366. The summed E-state index contributed by atoms with van der Waals surface area (Å²) in [7, 11) is -3.51. The highest BCUT2D eigenvalue weighted by molar-refractivity contribution is 7.91. The fourth-order valence-corrected chi connectivity index (χ4v) is 5.01. The molecule has 1 heterocycles. The summed E-state index contributed by atoms with van der Waals surface area (Å²) in [5, 5.41) is 10.7. The molecule has 1 aromatic heterocycles. The third-order valence-electron chi connectivity index (χ3n) is 4.78. The molecule has 164 valence electrons. The van der Waals surface area contributed by atoms with E-state index in [1.807, 2.05) is 12.1 Å². The molecule has 0 atom stereocenters. The molecule has 1 N–H and O–H groups in total. The van der Waals surface area contributed by atoms with Crippen LogP contribution in [0.1, 0.15) is 6.42 Å². The molecule has 0 radical (unpaired) electrons. The Kier molecular flexibility index (Phi) is 6.62. The van der Waals surface area contributed by atoms with Crippen LogP contribution in [0.2, 0.25) is 10.0 Å². The van der Waals surface area contributed by atoms with Gasteiger partial charge in [-0.1, -0.05) is 41.4 Å². The molecule has 0 aliphatic heterocycles. The maximum absolute atomic E-state index is 12.4. The summed E-state index contributed by atoms with van der Waals surface area (Å²) in [6, 6.07) is 16.8. The molecule has 0 fully saturated rings. The van der Waals surface area contributed by atoms with Crippen molar-refractivity contribution >= 4 is 43.9 Å². The molecule has 0 saturated heterocycles. The van der Waals surface area contributed by atoms with Gasteiger partial charge in [-0.05, 0) is 48.9 Å². The van der Waals surface area contributed by atoms with E-state index in [4.69, 9.17) is 33.0 Å². The van der Waals surface area contributed by atoms with Gasteiger partial charge >= 0.3 is 0 Å². The van der Waals surface area contributed by atoms with E-state index in [0.717, 1.165) is 5.39 Å². The summed E-state index contributed by atoms with van der Waals surface area (Å²) in [6.07, 6.45) is 1.60. The lowest BCUT2D eigenvalue weighted by Crippen LogP contribution is -2.08. The van der Waals surface area contributed by atoms with Gasteiger partial charge in [0.05, 0.1) is 31.9 Å². The van der Waals surface area contributed by atoms with Crippen molar-refractivity contribution in [3.63, 3.8) is 0 Å². The number of nitrogens with zero attached hydrogens (tertiary/aromatic N) is 2. The third kappa shape index (κ3) is 4.71. The number of hydrogen-bond donors (Lipinski definition) is 1. The maximum atomic E-state index is 12.4. The number of fused-ring (bicyclic) bond motifs is 1. The van der Waals surface area contributed by atoms with Crippen LogP contribution in [-0.2, 0) is 9.84 Å². The zero-order valence-electron chi connectivity index (χ0n) is 16.7. The zero-order valence-corrected chi connectivity index (χ0v) is 19.0. The molecule has 6 nitrogen and oxygen atoms in total. The highest BCUT2D eigenvalue weighted by Gasteiger charge is 2.16. The molecule has 9 heteroatoms. The van der Waals surface area contributed by atoms with E-state index in [0.29, 0.717) is 38.3 Å². The number of hydrogen-bond acceptors (Lipinski definition) is 6. The monoisotopic (exact) mass is 488 g/mol. The van der Waals surface area contributed by atoms with Gasteiger partial charge in [-0.15, -0.1) is 0 Å². The van der Waals surface area contributed by atoms with Crippen molar-refractivity contribution in [1.82, 2.24) is 9.97 Å². The molecule has 0 saturated carbocycles. The molecular formula is C23H18Cl2N2O4S. The van der Waals surface area contributed by atoms with E-state index in [2.05, 4.69) is 9.97 Å². The Morgan fingerprint density at radius 2 is 1.69 bits per heavy atom. The van der Waals surface area contributed by atoms with Crippen LogP contribution in [0, 0.1) is 0 Å². The first-order chi connectivity index (χ1) is 15.4. The molecule has 0 unspecified atom stereocenters. The number of ether oxygens (including phenoxy) is 1. The number of sulfone groups is 1. The van der Waals surface area contributed by atoms with Crippen LogP contribution >= 0.6 is 23.2 Å². The molecule has 0 aliphatic carbocycles. The predicted molar refractivity (Wildman–Crippen MR) is 125 cm³/mol. The molecule has 0 bridgehead atoms. The van der Waals surface area contributed by atoms with Crippen LogP contribution in [0.25, 0.3) is 22.2 Å². The molecule has 32 heavy (non-hydrogen) atoms. The second kappa shape index (κ2) is 9.42. The third-order valence-corrected chi connectivity index (χ3v) is 7.21. The summed E-state index contributed by atoms with van der Waals surface area (Å²) in [5.74, 6) is 0.684. The highest BCUT2D eigenvalue weighted by atomic mass is 35.5. The SMILES string of the molecule is O=S(=O)(CCCO)c1cccc(Oc2ccc(Cl)c(-c3ncnc4c(Cl)cccc34)c2)c1. The lowest BCUT2D eigenvalue weighted by atomic mass is 10.1. The van der Waals surface area contributed by atoms with E-state index >= 15 is 0 Å². The molecule has 3 aromatic carbocycles. The summed E-state index contributed by atoms with van der Waals surface area (Å²) in [6.45, 7) is -0.189. The molecule has 0 amide bonds. The lowest BCUT2D eigenvalue weighted by molar-refractivity contribution is 0.295. The fraction of sp³-hybridized carbons (Fsp3) is 0.130. The van der Waals surface area contributed by atoms with Crippen LogP contribution in [0.3, 0.4) is 0 Å². The highest BCUT2D eigenvalue weighted by Crippen LogP contribution is 2.36. The summed E-state index contributed by atoms with van der Waals surface area (Å²) in [4.78, 5) is 8.78. The smallest absolute Gasteiger partial charge is 0.178 e. The first-order valence-corrected chi connectivity index (χ1v) is 12.1. The number of para-hydroxylation sites is 1. The number of halogens is 2. The Balaban J connectivity index is 1.70. The Morgan fingerprint density at radius 3 is 2.50 bits per heavy atom. The fourth-order valence-electron chi connectivity index (χ4n) is 3.26. The lowest BCUT2D eigenvalue weighted by Gasteiger charge is -2.12. The van der Waals surface area contributed by atoms with Crippen molar-refractivity contribution in [2.45, 2.75) is 11.3 Å². The average molecular weight is 489 g/mol. The van der Waals surface area contributed by atoms with Gasteiger partial charge in [-0.25, -0.2) is 18.4 Å². The topological polar surface area (TPSA) is 89.4 Å². The average Bonchev–Trinajstić information content (AvgIpc) is 2.79. The van der Waals surface area contributed by atoms with Gasteiger partial charge in [0.1, 0.15) is 17.8 Å². The Morgan fingerprint density at radius 1 is 0.906 bits per heavy atom. The molecule has 4 aromatic rings. The van der Waals surface area contributed by atoms with Gasteiger partial charge in [0.25, 0.3) is 0 Å². The second-order valence-electron chi connectivity index (χ2n) is 6.97. The van der Waals surface area contributed by atoms with Crippen LogP contribution < -0.4 is 4.74 Å². The van der Waals surface area contributed by atoms with Crippen LogP contribution in [0.5, 0.6) is 11.5 Å². The number of benzene rings is 3. The maximum Gasteiger partial charge on any atom is 0.178 e. The largest absolute Gasteiger partial charge is 0.457 e. The van der Waals surface area contributed by atoms with Crippen LogP contribution in [-0.4, -0.2) is 35.9 Å². The van der Waals surface area contributed by atoms with Gasteiger partial charge in [0.2, 0.25) is 0 Å². The summed E-state index contributed by atoms with van der Waals surface area (Å²) < 4.78 is 30.8. The Labute approximate surface area is 195 Å². The zero-order chi connectivity index (χ0) is 22.7. The number of rotatable bonds is 7. The van der Waals surface area contributed by atoms with Gasteiger partial charge < -0.3 is 9.84 Å². The Hall–Kier alpha value is -2.71. The van der Waals surface area contributed by atoms with E-state index < -0.39 is 9.84 Å². The number of aliphatic hydroxyl groups excluding tert-OH is 1. The van der Waals surface area contributed by atoms with E-state index in [1.54, 1.807) is 36.4 Å². The minimum Gasteiger partial charge on any atom is -0.457 e. The van der Waals surface area contributed by atoms with Gasteiger partial charge in [0.15, 0.2) is 9.84 Å². The second-order valence-corrected chi connectivity index (χ2v) is 9.90. The predicted octanol–water partition coefficient (Wildman–Crippen LogP) is 5.55. The minimum atomic E-state index is -3.51. The van der Waals surface area contributed by atoms with Crippen LogP contribution in [0.15, 0.2) is 71.9 Å². The van der Waals surface area contributed by atoms with Gasteiger partial charge in [-0.2, -0.15) is 0 Å². The van der Waals surface area contributed by atoms with Crippen molar-refractivity contribution in [3.05, 3.63) is 77.0 Å². The summed E-state index contributed by atoms with van der Waals surface area (Å²) in [5.41, 5.74) is 1.85. The molecular weight excluding hydrogens is 471 g/mol. The first kappa shape index (κ1) is 22.5. The molecule has 4 rings (SSSR count). The summed E-state index contributed by atoms with van der Waals surface area (Å²) >= 11 is 12.7. The van der Waals surface area contributed by atoms with Crippen LogP contribution in [0.4, 0.5) is 0 Å². The van der Waals surface area contributed by atoms with Crippen molar-refractivity contribution in [3.8, 4) is 22.8 Å². The standard InChI is InChI=1S/C23H18Cl2N2O4S/c24-20-9-8-16(31-15-4-1-5-17(12-15)32(29,30)11-3-10-28)13-19(20)22-18-6-2-7-21(25)23(18)27-14-26-22/h1-2,4-9,12-14,28H,3,10-11H2. The van der Waals surface area contributed by atoms with Gasteiger partial charge in [0, 0.05) is 17.6 Å². The van der Waals surface area contributed by atoms with E-state index in [1.165, 1.54) is 18.5 Å². The van der Waals surface area contributed by atoms with Crippen molar-refractivity contribution in [2.24, 2.45) is 0 Å². The first-order valence-electron chi connectivity index (χ1n) is 9.70. The van der Waals surface area contributed by atoms with Gasteiger partial charge in [-0.3, -0.25) is 0 Å².